The van der Waals surface area contributed by atoms with Crippen molar-refractivity contribution in [2.24, 2.45) is 0 Å². The lowest BCUT2D eigenvalue weighted by atomic mass is 9.99. The molecule has 0 aliphatic carbocycles. The van der Waals surface area contributed by atoms with Crippen LogP contribution in [0.15, 0.2) is 54.6 Å². The van der Waals surface area contributed by atoms with Gasteiger partial charge in [0.1, 0.15) is 0 Å². The number of hydrogen-bond acceptors (Lipinski definition) is 2. The summed E-state index contributed by atoms with van der Waals surface area (Å²) in [6, 6.07) is 17.6. The van der Waals surface area contributed by atoms with E-state index in [0.717, 1.165) is 17.5 Å². The van der Waals surface area contributed by atoms with E-state index >= 15 is 0 Å². The summed E-state index contributed by atoms with van der Waals surface area (Å²) < 4.78 is 4.97. The summed E-state index contributed by atoms with van der Waals surface area (Å²) in [6.45, 7) is 1.27. The summed E-state index contributed by atoms with van der Waals surface area (Å²) in [4.78, 5) is 12.3. The normalized spacial score (nSPS) is 10.2. The first kappa shape index (κ1) is 14.3. The second-order valence-corrected chi connectivity index (χ2v) is 4.51. The summed E-state index contributed by atoms with van der Waals surface area (Å²) in [5.74, 6) is -0.0412. The van der Waals surface area contributed by atoms with E-state index in [2.05, 4.69) is 5.32 Å². The fourth-order valence-corrected chi connectivity index (χ4v) is 2.06. The standard InChI is InChI=1S/C17H19NO2/c1-20-13-7-12-18-17(19)16-11-6-5-10-15(16)14-8-3-2-4-9-14/h2-6,8-11H,7,12-13H2,1H3,(H,18,19). The summed E-state index contributed by atoms with van der Waals surface area (Å²) >= 11 is 0. The topological polar surface area (TPSA) is 38.3 Å². The highest BCUT2D eigenvalue weighted by Gasteiger charge is 2.11. The molecule has 2 aromatic rings. The summed E-state index contributed by atoms with van der Waals surface area (Å²) in [5, 5.41) is 2.92. The van der Waals surface area contributed by atoms with Crippen molar-refractivity contribution in [3.05, 3.63) is 60.2 Å². The van der Waals surface area contributed by atoms with E-state index in [1.165, 1.54) is 0 Å². The molecule has 1 amide bonds. The second-order valence-electron chi connectivity index (χ2n) is 4.51. The zero-order valence-corrected chi connectivity index (χ0v) is 11.6. The molecule has 0 aliphatic heterocycles. The highest BCUT2D eigenvalue weighted by atomic mass is 16.5. The molecule has 0 unspecified atom stereocenters. The van der Waals surface area contributed by atoms with Crippen LogP contribution in [-0.2, 0) is 4.74 Å². The lowest BCUT2D eigenvalue weighted by molar-refractivity contribution is 0.0949. The van der Waals surface area contributed by atoms with Crippen LogP contribution in [0.1, 0.15) is 16.8 Å². The molecule has 0 heterocycles. The fraction of sp³-hybridized carbons (Fsp3) is 0.235. The molecule has 0 saturated carbocycles. The minimum atomic E-state index is -0.0412. The van der Waals surface area contributed by atoms with E-state index in [1.54, 1.807) is 7.11 Å². The van der Waals surface area contributed by atoms with Crippen LogP contribution in [0, 0.1) is 0 Å². The number of benzene rings is 2. The number of rotatable bonds is 6. The predicted octanol–water partition coefficient (Wildman–Crippen LogP) is 3.12. The first-order chi connectivity index (χ1) is 9.83. The summed E-state index contributed by atoms with van der Waals surface area (Å²) in [5.41, 5.74) is 2.71. The largest absolute Gasteiger partial charge is 0.385 e. The van der Waals surface area contributed by atoms with Gasteiger partial charge in [-0.3, -0.25) is 4.79 Å². The van der Waals surface area contributed by atoms with Crippen LogP contribution in [0.5, 0.6) is 0 Å². The molecule has 0 aromatic heterocycles. The maximum absolute atomic E-state index is 12.3. The van der Waals surface area contributed by atoms with E-state index in [-0.39, 0.29) is 5.91 Å². The molecule has 0 radical (unpaired) electrons. The van der Waals surface area contributed by atoms with Crippen molar-refractivity contribution in [3.63, 3.8) is 0 Å². The van der Waals surface area contributed by atoms with Crippen molar-refractivity contribution in [2.75, 3.05) is 20.3 Å². The second kappa shape index (κ2) is 7.46. The molecule has 1 N–H and O–H groups in total. The van der Waals surface area contributed by atoms with Crippen LogP contribution in [0.3, 0.4) is 0 Å². The van der Waals surface area contributed by atoms with Crippen LogP contribution in [0.4, 0.5) is 0 Å². The van der Waals surface area contributed by atoms with Crippen molar-refractivity contribution in [1.82, 2.24) is 5.32 Å². The number of carbonyl (C=O) groups is 1. The van der Waals surface area contributed by atoms with Gasteiger partial charge in [-0.1, -0.05) is 48.5 Å². The molecule has 0 atom stereocenters. The molecule has 3 nitrogen and oxygen atoms in total. The monoisotopic (exact) mass is 269 g/mol. The zero-order valence-electron chi connectivity index (χ0n) is 11.6. The first-order valence-electron chi connectivity index (χ1n) is 6.74. The lowest BCUT2D eigenvalue weighted by Gasteiger charge is -2.10. The third kappa shape index (κ3) is 3.68. The third-order valence-electron chi connectivity index (χ3n) is 3.07. The maximum Gasteiger partial charge on any atom is 0.251 e. The fourth-order valence-electron chi connectivity index (χ4n) is 2.06. The summed E-state index contributed by atoms with van der Waals surface area (Å²) in [6.07, 6.45) is 0.815. The molecule has 3 heteroatoms. The van der Waals surface area contributed by atoms with Crippen LogP contribution >= 0.6 is 0 Å². The Morgan fingerprint density at radius 2 is 1.75 bits per heavy atom. The first-order valence-corrected chi connectivity index (χ1v) is 6.74. The van der Waals surface area contributed by atoms with Crippen molar-refractivity contribution >= 4 is 5.91 Å². The van der Waals surface area contributed by atoms with E-state index in [1.807, 2.05) is 54.6 Å². The van der Waals surface area contributed by atoms with Crippen LogP contribution in [-0.4, -0.2) is 26.2 Å². The van der Waals surface area contributed by atoms with E-state index in [0.29, 0.717) is 18.7 Å². The summed E-state index contributed by atoms with van der Waals surface area (Å²) in [7, 11) is 1.66. The predicted molar refractivity (Wildman–Crippen MR) is 80.7 cm³/mol. The highest BCUT2D eigenvalue weighted by molar-refractivity contribution is 6.00. The van der Waals surface area contributed by atoms with Gasteiger partial charge in [-0.25, -0.2) is 0 Å². The van der Waals surface area contributed by atoms with Gasteiger partial charge in [0, 0.05) is 25.8 Å². The third-order valence-corrected chi connectivity index (χ3v) is 3.07. The number of hydrogen-bond donors (Lipinski definition) is 1. The van der Waals surface area contributed by atoms with Gasteiger partial charge in [-0.05, 0) is 23.6 Å². The Morgan fingerprint density at radius 1 is 1.05 bits per heavy atom. The maximum atomic E-state index is 12.3. The van der Waals surface area contributed by atoms with Crippen molar-refractivity contribution < 1.29 is 9.53 Å². The van der Waals surface area contributed by atoms with Gasteiger partial charge in [-0.2, -0.15) is 0 Å². The minimum absolute atomic E-state index is 0.0412. The molecule has 104 valence electrons. The van der Waals surface area contributed by atoms with Crippen molar-refractivity contribution in [3.8, 4) is 11.1 Å². The molecule has 0 spiro atoms. The van der Waals surface area contributed by atoms with Gasteiger partial charge in [0.2, 0.25) is 0 Å². The Morgan fingerprint density at radius 3 is 2.50 bits per heavy atom. The molecule has 20 heavy (non-hydrogen) atoms. The van der Waals surface area contributed by atoms with Crippen molar-refractivity contribution in [2.45, 2.75) is 6.42 Å². The number of methoxy groups -OCH3 is 1. The molecule has 0 fully saturated rings. The molecule has 0 saturated heterocycles. The number of ether oxygens (including phenoxy) is 1. The lowest BCUT2D eigenvalue weighted by Crippen LogP contribution is -2.25. The quantitative estimate of drug-likeness (QED) is 0.818. The van der Waals surface area contributed by atoms with Crippen LogP contribution in [0.25, 0.3) is 11.1 Å². The molecule has 0 aliphatic rings. The van der Waals surface area contributed by atoms with Crippen molar-refractivity contribution in [1.29, 1.82) is 0 Å². The van der Waals surface area contributed by atoms with Gasteiger partial charge in [0.25, 0.3) is 5.91 Å². The number of nitrogens with one attached hydrogen (secondary N) is 1. The highest BCUT2D eigenvalue weighted by Crippen LogP contribution is 2.23. The van der Waals surface area contributed by atoms with Gasteiger partial charge in [0.15, 0.2) is 0 Å². The molecule has 2 rings (SSSR count). The average molecular weight is 269 g/mol. The van der Waals surface area contributed by atoms with Crippen LogP contribution < -0.4 is 5.32 Å². The average Bonchev–Trinajstić information content (AvgIpc) is 2.52. The Balaban J connectivity index is 2.14. The molecule has 2 aromatic carbocycles. The SMILES string of the molecule is COCCCNC(=O)c1ccccc1-c1ccccc1. The zero-order chi connectivity index (χ0) is 14.2. The van der Waals surface area contributed by atoms with Gasteiger partial charge in [0.05, 0.1) is 0 Å². The Kier molecular flexibility index (Phi) is 5.33. The minimum Gasteiger partial charge on any atom is -0.385 e. The number of carbonyl (C=O) groups excluding carboxylic acids is 1. The number of amides is 1. The van der Waals surface area contributed by atoms with Gasteiger partial charge in [-0.15, -0.1) is 0 Å². The van der Waals surface area contributed by atoms with Gasteiger partial charge < -0.3 is 10.1 Å². The van der Waals surface area contributed by atoms with E-state index in [9.17, 15) is 4.79 Å². The van der Waals surface area contributed by atoms with E-state index < -0.39 is 0 Å². The van der Waals surface area contributed by atoms with Gasteiger partial charge >= 0.3 is 0 Å². The van der Waals surface area contributed by atoms with E-state index in [4.69, 9.17) is 4.74 Å². The molecular formula is C17H19NO2. The molecular weight excluding hydrogens is 250 g/mol. The Hall–Kier alpha value is -2.13. The Bertz CT molecular complexity index is 552. The molecule has 0 bridgehead atoms. The Labute approximate surface area is 119 Å². The van der Waals surface area contributed by atoms with Crippen LogP contribution in [0.2, 0.25) is 0 Å². The smallest absolute Gasteiger partial charge is 0.251 e.